The van der Waals surface area contributed by atoms with Crippen molar-refractivity contribution in [2.45, 2.75) is 27.2 Å². The maximum Gasteiger partial charge on any atom is 0.256 e. The highest BCUT2D eigenvalue weighted by atomic mass is 79.9. The van der Waals surface area contributed by atoms with Crippen LogP contribution in [-0.2, 0) is 6.42 Å². The minimum atomic E-state index is -0.385. The van der Waals surface area contributed by atoms with Gasteiger partial charge in [-0.3, -0.25) is 4.79 Å². The molecule has 3 rings (SSSR count). The average molecular weight is 460 g/mol. The highest BCUT2D eigenvalue weighted by Gasteiger charge is 2.14. The minimum Gasteiger partial charge on any atom is -0.358 e. The highest BCUT2D eigenvalue weighted by molar-refractivity contribution is 9.10. The van der Waals surface area contributed by atoms with Gasteiger partial charge in [-0.15, -0.1) is 0 Å². The first kappa shape index (κ1) is 21.5. The van der Waals surface area contributed by atoms with Gasteiger partial charge in [-0.25, -0.2) is 4.39 Å². The predicted octanol–water partition coefficient (Wildman–Crippen LogP) is 5.76. The second kappa shape index (κ2) is 9.09. The monoisotopic (exact) mass is 459 g/mol. The van der Waals surface area contributed by atoms with Gasteiger partial charge in [0.15, 0.2) is 0 Å². The van der Waals surface area contributed by atoms with Crippen molar-refractivity contribution in [2.75, 3.05) is 25.5 Å². The summed E-state index contributed by atoms with van der Waals surface area (Å²) in [6, 6.07) is 9.92. The lowest BCUT2D eigenvalue weighted by Crippen LogP contribution is -2.25. The summed E-state index contributed by atoms with van der Waals surface area (Å²) in [4.78, 5) is 18.4. The van der Waals surface area contributed by atoms with Crippen molar-refractivity contribution < 1.29 is 9.18 Å². The molecule has 2 aromatic carbocycles. The van der Waals surface area contributed by atoms with Gasteiger partial charge in [-0.05, 0) is 84.2 Å². The minimum absolute atomic E-state index is 0.276. The van der Waals surface area contributed by atoms with Crippen molar-refractivity contribution >= 4 is 38.4 Å². The molecule has 0 atom stereocenters. The van der Waals surface area contributed by atoms with E-state index >= 15 is 0 Å². The fraction of sp³-hybridized carbons (Fsp3) is 0.348. The van der Waals surface area contributed by atoms with Crippen LogP contribution < -0.4 is 5.32 Å². The summed E-state index contributed by atoms with van der Waals surface area (Å²) in [6.45, 7) is 8.58. The third-order valence-electron chi connectivity index (χ3n) is 4.97. The van der Waals surface area contributed by atoms with Crippen molar-refractivity contribution in [2.24, 2.45) is 5.92 Å². The number of aromatic amines is 1. The fourth-order valence-electron chi connectivity index (χ4n) is 3.67. The number of aryl methyl sites for hydroxylation is 1. The van der Waals surface area contributed by atoms with E-state index in [1.165, 1.54) is 23.8 Å². The SMILES string of the molecule is Cc1[nH]c2ccc(NC(=O)c3ccc(F)cc3Br)cc2c1CCN(C)CC(C)C. The summed E-state index contributed by atoms with van der Waals surface area (Å²) >= 11 is 3.26. The summed E-state index contributed by atoms with van der Waals surface area (Å²) < 4.78 is 13.7. The van der Waals surface area contributed by atoms with Crippen LogP contribution in [0.3, 0.4) is 0 Å². The Hall–Kier alpha value is -2.18. The number of H-pyrrole nitrogens is 1. The van der Waals surface area contributed by atoms with Crippen molar-refractivity contribution in [3.8, 4) is 0 Å². The van der Waals surface area contributed by atoms with Crippen LogP contribution in [-0.4, -0.2) is 35.9 Å². The molecular formula is C23H27BrFN3O. The van der Waals surface area contributed by atoms with Gasteiger partial charge in [-0.2, -0.15) is 0 Å². The van der Waals surface area contributed by atoms with E-state index in [0.29, 0.717) is 16.0 Å². The van der Waals surface area contributed by atoms with Gasteiger partial charge in [0.2, 0.25) is 0 Å². The van der Waals surface area contributed by atoms with Crippen molar-refractivity contribution in [1.82, 2.24) is 9.88 Å². The summed E-state index contributed by atoms with van der Waals surface area (Å²) in [5.74, 6) is -0.0249. The Morgan fingerprint density at radius 3 is 2.69 bits per heavy atom. The molecule has 2 N–H and O–H groups in total. The zero-order valence-corrected chi connectivity index (χ0v) is 18.9. The van der Waals surface area contributed by atoms with E-state index in [2.05, 4.69) is 58.9 Å². The van der Waals surface area contributed by atoms with Crippen LogP contribution in [0, 0.1) is 18.7 Å². The Morgan fingerprint density at radius 1 is 1.24 bits per heavy atom. The van der Waals surface area contributed by atoms with Crippen LogP contribution in [0.1, 0.15) is 35.5 Å². The van der Waals surface area contributed by atoms with E-state index in [-0.39, 0.29) is 11.7 Å². The van der Waals surface area contributed by atoms with Gasteiger partial charge in [0.05, 0.1) is 5.56 Å². The maximum absolute atomic E-state index is 13.3. The summed E-state index contributed by atoms with van der Waals surface area (Å²) in [5.41, 5.74) is 4.60. The number of likely N-dealkylation sites (N-methyl/N-ethyl adjacent to an activating group) is 1. The van der Waals surface area contributed by atoms with E-state index in [0.717, 1.165) is 41.8 Å². The number of fused-ring (bicyclic) bond motifs is 1. The van der Waals surface area contributed by atoms with Crippen molar-refractivity contribution in [1.29, 1.82) is 0 Å². The van der Waals surface area contributed by atoms with E-state index in [9.17, 15) is 9.18 Å². The molecule has 0 bridgehead atoms. The number of benzene rings is 2. The molecule has 0 saturated heterocycles. The lowest BCUT2D eigenvalue weighted by molar-refractivity contribution is 0.102. The van der Waals surface area contributed by atoms with Crippen LogP contribution in [0.4, 0.5) is 10.1 Å². The average Bonchev–Trinajstić information content (AvgIpc) is 2.93. The Balaban J connectivity index is 1.80. The molecule has 0 saturated carbocycles. The zero-order chi connectivity index (χ0) is 21.1. The molecule has 1 aromatic heterocycles. The number of hydrogen-bond acceptors (Lipinski definition) is 2. The predicted molar refractivity (Wildman–Crippen MR) is 121 cm³/mol. The standard InChI is InChI=1S/C23H27BrFN3O/c1-14(2)13-28(4)10-9-18-15(3)26-22-8-6-17(12-20(18)22)27-23(29)19-7-5-16(25)11-21(19)24/h5-8,11-12,14,26H,9-10,13H2,1-4H3,(H,27,29). The number of nitrogens with one attached hydrogen (secondary N) is 2. The van der Waals surface area contributed by atoms with Crippen LogP contribution >= 0.6 is 15.9 Å². The number of hydrogen-bond donors (Lipinski definition) is 2. The van der Waals surface area contributed by atoms with Crippen LogP contribution in [0.5, 0.6) is 0 Å². The first-order valence-electron chi connectivity index (χ1n) is 9.80. The summed E-state index contributed by atoms with van der Waals surface area (Å²) in [5, 5.41) is 4.04. The lowest BCUT2D eigenvalue weighted by atomic mass is 10.1. The molecule has 29 heavy (non-hydrogen) atoms. The number of halogens is 2. The number of nitrogens with zero attached hydrogens (tertiary/aromatic N) is 1. The smallest absolute Gasteiger partial charge is 0.256 e. The Bertz CT molecular complexity index is 1030. The molecule has 3 aromatic rings. The molecule has 1 amide bonds. The topological polar surface area (TPSA) is 48.1 Å². The van der Waals surface area contributed by atoms with E-state index in [1.54, 1.807) is 0 Å². The summed E-state index contributed by atoms with van der Waals surface area (Å²) in [6.07, 6.45) is 0.940. The normalized spacial score (nSPS) is 11.6. The van der Waals surface area contributed by atoms with Gasteiger partial charge < -0.3 is 15.2 Å². The lowest BCUT2D eigenvalue weighted by Gasteiger charge is -2.18. The second-order valence-corrected chi connectivity index (χ2v) is 8.83. The summed E-state index contributed by atoms with van der Waals surface area (Å²) in [7, 11) is 2.15. The van der Waals surface area contributed by atoms with E-state index in [1.807, 2.05) is 18.2 Å². The van der Waals surface area contributed by atoms with Gasteiger partial charge >= 0.3 is 0 Å². The highest BCUT2D eigenvalue weighted by Crippen LogP contribution is 2.27. The van der Waals surface area contributed by atoms with Gasteiger partial charge in [0.1, 0.15) is 5.82 Å². The van der Waals surface area contributed by atoms with Gasteiger partial charge in [0, 0.05) is 39.8 Å². The number of aromatic nitrogens is 1. The molecule has 0 aliphatic heterocycles. The Morgan fingerprint density at radius 2 is 2.00 bits per heavy atom. The molecule has 0 radical (unpaired) electrons. The number of rotatable bonds is 7. The van der Waals surface area contributed by atoms with E-state index < -0.39 is 0 Å². The molecule has 6 heteroatoms. The van der Waals surface area contributed by atoms with Crippen LogP contribution in [0.2, 0.25) is 0 Å². The quantitative estimate of drug-likeness (QED) is 0.471. The molecule has 4 nitrogen and oxygen atoms in total. The molecule has 0 aliphatic rings. The number of amides is 1. The number of anilines is 1. The number of carbonyl (C=O) groups excluding carboxylic acids is 1. The molecular weight excluding hydrogens is 433 g/mol. The Kier molecular flexibility index (Phi) is 6.75. The third-order valence-corrected chi connectivity index (χ3v) is 5.63. The number of carbonyl (C=O) groups is 1. The third kappa shape index (κ3) is 5.25. The van der Waals surface area contributed by atoms with Crippen LogP contribution in [0.15, 0.2) is 40.9 Å². The molecule has 0 aliphatic carbocycles. The first-order chi connectivity index (χ1) is 13.7. The molecule has 0 fully saturated rings. The second-order valence-electron chi connectivity index (χ2n) is 7.97. The van der Waals surface area contributed by atoms with E-state index in [4.69, 9.17) is 0 Å². The molecule has 1 heterocycles. The molecule has 0 unspecified atom stereocenters. The molecule has 0 spiro atoms. The first-order valence-corrected chi connectivity index (χ1v) is 10.6. The maximum atomic E-state index is 13.3. The van der Waals surface area contributed by atoms with Crippen molar-refractivity contribution in [3.05, 3.63) is 63.5 Å². The van der Waals surface area contributed by atoms with Gasteiger partial charge in [0.25, 0.3) is 5.91 Å². The Labute approximate surface area is 179 Å². The van der Waals surface area contributed by atoms with Gasteiger partial charge in [-0.1, -0.05) is 13.8 Å². The zero-order valence-electron chi connectivity index (χ0n) is 17.3. The largest absolute Gasteiger partial charge is 0.358 e. The van der Waals surface area contributed by atoms with Crippen molar-refractivity contribution in [3.63, 3.8) is 0 Å². The molecule has 154 valence electrons. The van der Waals surface area contributed by atoms with Crippen LogP contribution in [0.25, 0.3) is 10.9 Å². The fourth-order valence-corrected chi connectivity index (χ4v) is 4.20.